The molecule has 2 aromatic carbocycles. The van der Waals surface area contributed by atoms with Crippen molar-refractivity contribution >= 4 is 23.4 Å². The molecule has 0 atom stereocenters. The van der Waals surface area contributed by atoms with Crippen molar-refractivity contribution in [1.29, 1.82) is 10.5 Å². The van der Waals surface area contributed by atoms with Gasteiger partial charge in [0.05, 0.1) is 16.0 Å². The minimum Gasteiger partial charge on any atom is -0.305 e. The zero-order valence-corrected chi connectivity index (χ0v) is 14.1. The van der Waals surface area contributed by atoms with E-state index in [0.717, 1.165) is 5.56 Å². The third kappa shape index (κ3) is 2.98. The Morgan fingerprint density at radius 3 is 2.21 bits per heavy atom. The van der Waals surface area contributed by atoms with Crippen LogP contribution in [0.3, 0.4) is 0 Å². The Labute approximate surface area is 148 Å². The monoisotopic (exact) mass is 351 g/mol. The van der Waals surface area contributed by atoms with Crippen molar-refractivity contribution in [3.05, 3.63) is 58.6 Å². The van der Waals surface area contributed by atoms with Crippen molar-refractivity contribution in [3.8, 4) is 23.5 Å². The molecule has 0 fully saturated rings. The van der Waals surface area contributed by atoms with Gasteiger partial charge in [-0.1, -0.05) is 17.7 Å². The molecule has 0 aliphatic rings. The molecule has 3 aromatic rings. The maximum Gasteiger partial charge on any atom is 0.196 e. The third-order valence-electron chi connectivity index (χ3n) is 3.39. The first kappa shape index (κ1) is 16.1. The molecule has 5 nitrogen and oxygen atoms in total. The number of benzene rings is 2. The van der Waals surface area contributed by atoms with E-state index in [1.165, 1.54) is 11.8 Å². The van der Waals surface area contributed by atoms with Crippen molar-refractivity contribution in [2.45, 2.75) is 10.1 Å². The van der Waals surface area contributed by atoms with Gasteiger partial charge < -0.3 is 4.57 Å². The summed E-state index contributed by atoms with van der Waals surface area (Å²) < 4.78 is 1.82. The summed E-state index contributed by atoms with van der Waals surface area (Å²) in [6, 6.07) is 16.6. The van der Waals surface area contributed by atoms with Crippen molar-refractivity contribution in [2.24, 2.45) is 7.05 Å². The van der Waals surface area contributed by atoms with Gasteiger partial charge in [0.15, 0.2) is 11.0 Å². The number of hydrogen-bond acceptors (Lipinski definition) is 5. The van der Waals surface area contributed by atoms with E-state index in [1.54, 1.807) is 30.3 Å². The Bertz CT molecular complexity index is 947. The maximum absolute atomic E-state index is 9.27. The topological polar surface area (TPSA) is 78.3 Å². The third-order valence-corrected chi connectivity index (χ3v) is 4.82. The fraction of sp³-hybridized carbons (Fsp3) is 0.0588. The highest BCUT2D eigenvalue weighted by Gasteiger charge is 2.16. The highest BCUT2D eigenvalue weighted by atomic mass is 35.5. The molecule has 1 aromatic heterocycles. The molecule has 0 spiro atoms. The van der Waals surface area contributed by atoms with Crippen LogP contribution in [-0.2, 0) is 7.05 Å². The molecular weight excluding hydrogens is 342 g/mol. The van der Waals surface area contributed by atoms with E-state index in [2.05, 4.69) is 22.3 Å². The number of hydrogen-bond donors (Lipinski definition) is 0. The van der Waals surface area contributed by atoms with Crippen LogP contribution < -0.4 is 0 Å². The highest BCUT2D eigenvalue weighted by Crippen LogP contribution is 2.33. The van der Waals surface area contributed by atoms with Gasteiger partial charge in [-0.2, -0.15) is 10.5 Å². The highest BCUT2D eigenvalue weighted by molar-refractivity contribution is 7.99. The summed E-state index contributed by atoms with van der Waals surface area (Å²) in [6.45, 7) is 0. The molecule has 0 amide bonds. The van der Waals surface area contributed by atoms with Crippen molar-refractivity contribution in [1.82, 2.24) is 14.8 Å². The first-order chi connectivity index (χ1) is 11.6. The number of nitrogens with zero attached hydrogens (tertiary/aromatic N) is 5. The van der Waals surface area contributed by atoms with E-state index in [1.807, 2.05) is 23.7 Å². The van der Waals surface area contributed by atoms with Gasteiger partial charge in [-0.05, 0) is 48.2 Å². The van der Waals surface area contributed by atoms with Crippen LogP contribution >= 0.6 is 23.4 Å². The van der Waals surface area contributed by atoms with Crippen LogP contribution in [0.1, 0.15) is 11.1 Å². The molecule has 0 radical (unpaired) electrons. The van der Waals surface area contributed by atoms with Gasteiger partial charge in [0.25, 0.3) is 0 Å². The lowest BCUT2D eigenvalue weighted by Crippen LogP contribution is -1.96. The number of rotatable bonds is 3. The summed E-state index contributed by atoms with van der Waals surface area (Å²) in [5, 5.41) is 28.2. The number of aromatic nitrogens is 3. The SMILES string of the molecule is Cn1c(Sc2c(C#N)cccc2C#N)nnc1-c1ccc(Cl)cc1. The fourth-order valence-electron chi connectivity index (χ4n) is 2.17. The number of halogens is 1. The minimum atomic E-state index is 0.440. The Kier molecular flexibility index (Phi) is 4.52. The van der Waals surface area contributed by atoms with Crippen LogP contribution in [0, 0.1) is 22.7 Å². The lowest BCUT2D eigenvalue weighted by atomic mass is 10.1. The Morgan fingerprint density at radius 1 is 1.00 bits per heavy atom. The molecular formula is C17H10ClN5S. The molecule has 0 saturated carbocycles. The predicted octanol–water partition coefficient (Wildman–Crippen LogP) is 4.03. The Morgan fingerprint density at radius 2 is 1.62 bits per heavy atom. The second kappa shape index (κ2) is 6.76. The van der Waals surface area contributed by atoms with Gasteiger partial charge in [-0.3, -0.25) is 0 Å². The maximum atomic E-state index is 9.27. The van der Waals surface area contributed by atoms with Crippen molar-refractivity contribution in [2.75, 3.05) is 0 Å². The molecule has 0 aliphatic carbocycles. The second-order valence-electron chi connectivity index (χ2n) is 4.88. The minimum absolute atomic E-state index is 0.440. The summed E-state index contributed by atoms with van der Waals surface area (Å²) in [6.07, 6.45) is 0. The van der Waals surface area contributed by atoms with Crippen LogP contribution in [0.4, 0.5) is 0 Å². The lowest BCUT2D eigenvalue weighted by molar-refractivity contribution is 0.794. The van der Waals surface area contributed by atoms with Crippen molar-refractivity contribution < 1.29 is 0 Å². The molecule has 0 unspecified atom stereocenters. The normalized spacial score (nSPS) is 10.2. The van der Waals surface area contributed by atoms with E-state index in [4.69, 9.17) is 11.6 Å². The van der Waals surface area contributed by atoms with Crippen LogP contribution in [0.15, 0.2) is 52.5 Å². The largest absolute Gasteiger partial charge is 0.305 e. The molecule has 116 valence electrons. The summed E-state index contributed by atoms with van der Waals surface area (Å²) in [4.78, 5) is 0.584. The fourth-order valence-corrected chi connectivity index (χ4v) is 3.23. The predicted molar refractivity (Wildman–Crippen MR) is 91.4 cm³/mol. The van der Waals surface area contributed by atoms with Crippen molar-refractivity contribution in [3.63, 3.8) is 0 Å². The first-order valence-corrected chi connectivity index (χ1v) is 8.10. The first-order valence-electron chi connectivity index (χ1n) is 6.90. The molecule has 1 heterocycles. The van der Waals surface area contributed by atoms with Crippen LogP contribution in [0.2, 0.25) is 5.02 Å². The molecule has 0 bridgehead atoms. The summed E-state index contributed by atoms with van der Waals surface area (Å²) in [5.41, 5.74) is 1.76. The van der Waals surface area contributed by atoms with E-state index in [-0.39, 0.29) is 0 Å². The molecule has 7 heteroatoms. The van der Waals surface area contributed by atoms with Gasteiger partial charge in [0.2, 0.25) is 0 Å². The van der Waals surface area contributed by atoms with E-state index in [0.29, 0.717) is 32.0 Å². The van der Waals surface area contributed by atoms with Gasteiger partial charge >= 0.3 is 0 Å². The Hall–Kier alpha value is -2.80. The summed E-state index contributed by atoms with van der Waals surface area (Å²) >= 11 is 7.16. The summed E-state index contributed by atoms with van der Waals surface area (Å²) in [5.74, 6) is 0.683. The average Bonchev–Trinajstić information content (AvgIpc) is 2.96. The van der Waals surface area contributed by atoms with Crippen LogP contribution in [0.25, 0.3) is 11.4 Å². The van der Waals surface area contributed by atoms with Crippen LogP contribution in [0.5, 0.6) is 0 Å². The molecule has 0 N–H and O–H groups in total. The van der Waals surface area contributed by atoms with Gasteiger partial charge in [0.1, 0.15) is 12.1 Å². The van der Waals surface area contributed by atoms with Gasteiger partial charge in [0, 0.05) is 17.6 Å². The van der Waals surface area contributed by atoms with Gasteiger partial charge in [-0.15, -0.1) is 10.2 Å². The van der Waals surface area contributed by atoms with E-state index >= 15 is 0 Å². The van der Waals surface area contributed by atoms with E-state index in [9.17, 15) is 10.5 Å². The number of nitriles is 2. The summed E-state index contributed by atoms with van der Waals surface area (Å²) in [7, 11) is 1.84. The average molecular weight is 352 g/mol. The van der Waals surface area contributed by atoms with Gasteiger partial charge in [-0.25, -0.2) is 0 Å². The van der Waals surface area contributed by atoms with Crippen LogP contribution in [-0.4, -0.2) is 14.8 Å². The second-order valence-corrected chi connectivity index (χ2v) is 6.29. The molecule has 0 saturated heterocycles. The van der Waals surface area contributed by atoms with E-state index < -0.39 is 0 Å². The quantitative estimate of drug-likeness (QED) is 0.711. The molecule has 24 heavy (non-hydrogen) atoms. The standard InChI is InChI=1S/C17H10ClN5S/c1-23-16(11-5-7-14(18)8-6-11)21-22-17(23)24-15-12(9-19)3-2-4-13(15)10-20/h2-8H,1H3. The zero-order chi connectivity index (χ0) is 17.1. The Balaban J connectivity index is 2.01. The molecule has 3 rings (SSSR count). The smallest absolute Gasteiger partial charge is 0.196 e. The lowest BCUT2D eigenvalue weighted by Gasteiger charge is -2.06. The zero-order valence-electron chi connectivity index (χ0n) is 12.6. The molecule has 0 aliphatic heterocycles.